The summed E-state index contributed by atoms with van der Waals surface area (Å²) in [5.41, 5.74) is 0. The average molecular weight is 165 g/mol. The summed E-state index contributed by atoms with van der Waals surface area (Å²) in [6.07, 6.45) is 0.00650. The Morgan fingerprint density at radius 3 is 2.73 bits per heavy atom. The number of hydrogen-bond acceptors (Lipinski definition) is 2. The Bertz CT molecular complexity index is 130. The lowest BCUT2D eigenvalue weighted by Gasteiger charge is -2.01. The van der Waals surface area contributed by atoms with E-state index in [1.54, 1.807) is 7.05 Å². The molecular formula is C7H13F2NO. The second kappa shape index (κ2) is 3.45. The van der Waals surface area contributed by atoms with Gasteiger partial charge in [-0.3, -0.25) is 0 Å². The van der Waals surface area contributed by atoms with Crippen LogP contribution in [-0.4, -0.2) is 32.7 Å². The largest absolute Gasteiger partial charge is 0.380 e. The molecule has 0 amide bonds. The highest BCUT2D eigenvalue weighted by molar-refractivity contribution is 4.94. The van der Waals surface area contributed by atoms with E-state index in [0.717, 1.165) is 6.54 Å². The molecule has 1 fully saturated rings. The fourth-order valence-electron chi connectivity index (χ4n) is 0.850. The van der Waals surface area contributed by atoms with Crippen molar-refractivity contribution in [2.24, 2.45) is 5.92 Å². The first-order chi connectivity index (χ1) is 5.17. The van der Waals surface area contributed by atoms with E-state index in [2.05, 4.69) is 5.32 Å². The predicted octanol–water partition coefficient (Wildman–Crippen LogP) is 0.878. The Balaban J connectivity index is 1.90. The monoisotopic (exact) mass is 165 g/mol. The van der Waals surface area contributed by atoms with Gasteiger partial charge in [0.1, 0.15) is 0 Å². The van der Waals surface area contributed by atoms with Gasteiger partial charge in [0.25, 0.3) is 5.92 Å². The van der Waals surface area contributed by atoms with Crippen molar-refractivity contribution < 1.29 is 13.5 Å². The Labute approximate surface area is 64.9 Å². The van der Waals surface area contributed by atoms with Crippen molar-refractivity contribution in [3.63, 3.8) is 0 Å². The number of ether oxygens (including phenoxy) is 1. The van der Waals surface area contributed by atoms with Gasteiger partial charge in [0.05, 0.1) is 19.1 Å². The zero-order valence-corrected chi connectivity index (χ0v) is 6.57. The lowest BCUT2D eigenvalue weighted by atomic mass is 10.4. The summed E-state index contributed by atoms with van der Waals surface area (Å²) >= 11 is 0. The zero-order chi connectivity index (χ0) is 8.32. The third-order valence-electron chi connectivity index (χ3n) is 1.77. The van der Waals surface area contributed by atoms with E-state index in [9.17, 15) is 8.78 Å². The molecule has 0 aromatic heterocycles. The number of likely N-dealkylation sites (N-methyl/N-ethyl adjacent to an activating group) is 1. The number of hydrogen-bond donors (Lipinski definition) is 1. The van der Waals surface area contributed by atoms with Crippen LogP contribution in [0, 0.1) is 5.92 Å². The van der Waals surface area contributed by atoms with Crippen LogP contribution in [0.1, 0.15) is 6.42 Å². The maximum atomic E-state index is 12.2. The molecule has 4 heteroatoms. The highest BCUT2D eigenvalue weighted by atomic mass is 19.3. The van der Waals surface area contributed by atoms with Crippen molar-refractivity contribution in [3.05, 3.63) is 0 Å². The van der Waals surface area contributed by atoms with E-state index in [1.807, 2.05) is 0 Å². The van der Waals surface area contributed by atoms with Crippen molar-refractivity contribution in [3.8, 4) is 0 Å². The molecule has 1 N–H and O–H groups in total. The number of alkyl halides is 2. The fourth-order valence-corrected chi connectivity index (χ4v) is 0.850. The van der Waals surface area contributed by atoms with Crippen LogP contribution in [0.2, 0.25) is 0 Å². The van der Waals surface area contributed by atoms with Crippen molar-refractivity contribution in [1.29, 1.82) is 0 Å². The molecule has 11 heavy (non-hydrogen) atoms. The third-order valence-corrected chi connectivity index (χ3v) is 1.77. The Kier molecular flexibility index (Phi) is 2.78. The van der Waals surface area contributed by atoms with Gasteiger partial charge in [0, 0.05) is 13.0 Å². The van der Waals surface area contributed by atoms with Crippen molar-refractivity contribution in [1.82, 2.24) is 5.32 Å². The van der Waals surface area contributed by atoms with Crippen LogP contribution in [-0.2, 0) is 4.74 Å². The molecule has 0 aliphatic heterocycles. The van der Waals surface area contributed by atoms with Crippen LogP contribution in [0.4, 0.5) is 8.78 Å². The minimum absolute atomic E-state index is 0.00650. The molecule has 1 atom stereocenters. The molecule has 0 spiro atoms. The molecule has 0 aromatic carbocycles. The topological polar surface area (TPSA) is 21.3 Å². The zero-order valence-electron chi connectivity index (χ0n) is 6.57. The first-order valence-electron chi connectivity index (χ1n) is 3.77. The molecular weight excluding hydrogens is 152 g/mol. The smallest absolute Gasteiger partial charge is 0.253 e. The number of nitrogens with one attached hydrogen (secondary N) is 1. The highest BCUT2D eigenvalue weighted by Gasteiger charge is 2.56. The third kappa shape index (κ3) is 2.71. The van der Waals surface area contributed by atoms with Gasteiger partial charge in [0.2, 0.25) is 0 Å². The summed E-state index contributed by atoms with van der Waals surface area (Å²) in [6.45, 7) is 1.44. The van der Waals surface area contributed by atoms with Gasteiger partial charge in [-0.2, -0.15) is 0 Å². The van der Waals surface area contributed by atoms with Crippen molar-refractivity contribution >= 4 is 0 Å². The lowest BCUT2D eigenvalue weighted by molar-refractivity contribution is 0.0560. The SMILES string of the molecule is CNCCOCC1CC1(F)F. The van der Waals surface area contributed by atoms with Crippen LogP contribution < -0.4 is 5.32 Å². The first-order valence-corrected chi connectivity index (χ1v) is 3.77. The summed E-state index contributed by atoms with van der Waals surface area (Å²) in [5.74, 6) is -2.95. The molecule has 1 unspecified atom stereocenters. The van der Waals surface area contributed by atoms with E-state index in [0.29, 0.717) is 6.61 Å². The van der Waals surface area contributed by atoms with E-state index in [1.165, 1.54) is 0 Å². The molecule has 1 saturated carbocycles. The van der Waals surface area contributed by atoms with Gasteiger partial charge in [0.15, 0.2) is 0 Å². The minimum atomic E-state index is -2.43. The molecule has 0 heterocycles. The Hall–Kier alpha value is -0.220. The molecule has 2 nitrogen and oxygen atoms in total. The van der Waals surface area contributed by atoms with Crippen LogP contribution in [0.5, 0.6) is 0 Å². The summed E-state index contributed by atoms with van der Waals surface area (Å²) in [4.78, 5) is 0. The molecule has 1 aliphatic rings. The fraction of sp³-hybridized carbons (Fsp3) is 1.00. The lowest BCUT2D eigenvalue weighted by Crippen LogP contribution is -2.15. The van der Waals surface area contributed by atoms with Gasteiger partial charge < -0.3 is 10.1 Å². The van der Waals surface area contributed by atoms with Gasteiger partial charge in [-0.05, 0) is 7.05 Å². The van der Waals surface area contributed by atoms with E-state index >= 15 is 0 Å². The maximum absolute atomic E-state index is 12.2. The van der Waals surface area contributed by atoms with Crippen LogP contribution in [0.3, 0.4) is 0 Å². The normalized spacial score (nSPS) is 27.0. The molecule has 1 rings (SSSR count). The summed E-state index contributed by atoms with van der Waals surface area (Å²) < 4.78 is 29.4. The van der Waals surface area contributed by atoms with Crippen molar-refractivity contribution in [2.75, 3.05) is 26.8 Å². The van der Waals surface area contributed by atoms with Crippen LogP contribution in [0.15, 0.2) is 0 Å². The standard InChI is InChI=1S/C7H13F2NO/c1-10-2-3-11-5-6-4-7(6,8)9/h6,10H,2-5H2,1H3. The van der Waals surface area contributed by atoms with E-state index < -0.39 is 11.8 Å². The van der Waals surface area contributed by atoms with Crippen LogP contribution >= 0.6 is 0 Å². The second-order valence-corrected chi connectivity index (χ2v) is 2.84. The highest BCUT2D eigenvalue weighted by Crippen LogP contribution is 2.48. The first kappa shape index (κ1) is 8.87. The summed E-state index contributed by atoms with van der Waals surface area (Å²) in [7, 11) is 1.80. The van der Waals surface area contributed by atoms with Gasteiger partial charge in [-0.25, -0.2) is 8.78 Å². The Morgan fingerprint density at radius 2 is 2.27 bits per heavy atom. The molecule has 0 radical (unpaired) electrons. The summed E-state index contributed by atoms with van der Waals surface area (Å²) in [5, 5.41) is 2.87. The quantitative estimate of drug-likeness (QED) is 0.610. The van der Waals surface area contributed by atoms with E-state index in [4.69, 9.17) is 4.74 Å². The number of rotatable bonds is 5. The van der Waals surface area contributed by atoms with Crippen LogP contribution in [0.25, 0.3) is 0 Å². The molecule has 0 bridgehead atoms. The number of halogens is 2. The van der Waals surface area contributed by atoms with Gasteiger partial charge in [-0.15, -0.1) is 0 Å². The molecule has 0 aromatic rings. The van der Waals surface area contributed by atoms with Gasteiger partial charge in [-0.1, -0.05) is 0 Å². The summed E-state index contributed by atoms with van der Waals surface area (Å²) in [6, 6.07) is 0. The van der Waals surface area contributed by atoms with Gasteiger partial charge >= 0.3 is 0 Å². The molecule has 66 valence electrons. The molecule has 1 aliphatic carbocycles. The maximum Gasteiger partial charge on any atom is 0.253 e. The van der Waals surface area contributed by atoms with Crippen molar-refractivity contribution in [2.45, 2.75) is 12.3 Å². The Morgan fingerprint density at radius 1 is 1.64 bits per heavy atom. The molecule has 0 saturated heterocycles. The minimum Gasteiger partial charge on any atom is -0.380 e. The second-order valence-electron chi connectivity index (χ2n) is 2.84. The van der Waals surface area contributed by atoms with E-state index in [-0.39, 0.29) is 13.0 Å². The average Bonchev–Trinajstić information content (AvgIpc) is 2.52. The predicted molar refractivity (Wildman–Crippen MR) is 37.8 cm³/mol.